The van der Waals surface area contributed by atoms with Gasteiger partial charge in [0.1, 0.15) is 11.4 Å². The average Bonchev–Trinajstić information content (AvgIpc) is 3.11. The molecule has 1 aliphatic heterocycles. The van der Waals surface area contributed by atoms with Crippen LogP contribution < -0.4 is 5.32 Å². The van der Waals surface area contributed by atoms with Crippen LogP contribution in [0.15, 0.2) is 65.2 Å². The third-order valence-electron chi connectivity index (χ3n) is 9.50. The molecule has 44 heavy (non-hydrogen) atoms. The second-order valence-electron chi connectivity index (χ2n) is 12.5. The number of amides is 2. The van der Waals surface area contributed by atoms with Gasteiger partial charge < -0.3 is 20.4 Å². The van der Waals surface area contributed by atoms with Crippen LogP contribution in [-0.2, 0) is 9.59 Å². The molecule has 1 heterocycles. The number of halogens is 3. The number of hydrogen-bond donors (Lipinski definition) is 3. The second-order valence-corrected chi connectivity index (χ2v) is 12.5. The summed E-state index contributed by atoms with van der Waals surface area (Å²) in [7, 11) is 0. The largest absolute Gasteiger partial charge is 0.479 e. The first kappa shape index (κ1) is 33.2. The number of carbonyl (C=O) groups excluding carboxylic acids is 2. The Morgan fingerprint density at radius 3 is 2.34 bits per heavy atom. The Hall–Kier alpha value is -3.73. The van der Waals surface area contributed by atoms with Crippen LogP contribution in [0.4, 0.5) is 13.2 Å². The molecule has 4 rings (SSSR count). The first-order valence-electron chi connectivity index (χ1n) is 15.0. The topological polar surface area (TPSA) is 119 Å². The number of aliphatic hydroxyl groups excluding tert-OH is 1. The SMILES string of the molecule is CCC(C)(C)C1CCC2(CC1)N=C(C1=CC=CC(C(F)(F)F)C=C1)C(=O)N2[C@H](C)c1ccc(C(=O)NCC(O)C(=O)O)cc1. The van der Waals surface area contributed by atoms with E-state index in [1.807, 2.05) is 6.92 Å². The summed E-state index contributed by atoms with van der Waals surface area (Å²) in [5.74, 6) is -3.68. The number of nitrogens with one attached hydrogen (secondary N) is 1. The smallest absolute Gasteiger partial charge is 0.398 e. The number of rotatable bonds is 9. The Morgan fingerprint density at radius 1 is 1.14 bits per heavy atom. The lowest BCUT2D eigenvalue weighted by Gasteiger charge is -2.47. The van der Waals surface area contributed by atoms with Crippen LogP contribution in [0.3, 0.4) is 0 Å². The van der Waals surface area contributed by atoms with Crippen molar-refractivity contribution >= 4 is 23.5 Å². The van der Waals surface area contributed by atoms with Crippen molar-refractivity contribution in [3.63, 3.8) is 0 Å². The van der Waals surface area contributed by atoms with Gasteiger partial charge in [-0.05, 0) is 61.6 Å². The maximum atomic E-state index is 14.1. The van der Waals surface area contributed by atoms with E-state index in [2.05, 4.69) is 26.1 Å². The highest BCUT2D eigenvalue weighted by atomic mass is 19.4. The first-order chi connectivity index (χ1) is 20.6. The van der Waals surface area contributed by atoms with Gasteiger partial charge in [-0.3, -0.25) is 14.6 Å². The number of carbonyl (C=O) groups is 3. The van der Waals surface area contributed by atoms with Crippen molar-refractivity contribution in [1.29, 1.82) is 0 Å². The zero-order valence-corrected chi connectivity index (χ0v) is 25.4. The molecule has 1 saturated carbocycles. The summed E-state index contributed by atoms with van der Waals surface area (Å²) in [5, 5.41) is 20.6. The number of hydrogen-bond acceptors (Lipinski definition) is 5. The summed E-state index contributed by atoms with van der Waals surface area (Å²) in [6.45, 7) is 8.08. The van der Waals surface area contributed by atoms with E-state index in [9.17, 15) is 32.7 Å². The average molecular weight is 616 g/mol. The van der Waals surface area contributed by atoms with E-state index in [4.69, 9.17) is 10.1 Å². The quantitative estimate of drug-likeness (QED) is 0.327. The normalized spacial score (nSPS) is 25.4. The third kappa shape index (κ3) is 6.82. The van der Waals surface area contributed by atoms with Gasteiger partial charge in [0.25, 0.3) is 11.8 Å². The molecule has 1 aromatic carbocycles. The van der Waals surface area contributed by atoms with Crippen LogP contribution in [-0.4, -0.2) is 63.1 Å². The van der Waals surface area contributed by atoms with Crippen molar-refractivity contribution in [3.05, 3.63) is 71.3 Å². The Labute approximate surface area is 255 Å². The van der Waals surface area contributed by atoms with E-state index >= 15 is 0 Å². The highest BCUT2D eigenvalue weighted by Gasteiger charge is 2.52. The van der Waals surface area contributed by atoms with Crippen molar-refractivity contribution in [1.82, 2.24) is 10.2 Å². The molecule has 2 aliphatic carbocycles. The van der Waals surface area contributed by atoms with Gasteiger partial charge in [-0.15, -0.1) is 0 Å². The number of alkyl halides is 3. The fourth-order valence-corrected chi connectivity index (χ4v) is 6.26. The third-order valence-corrected chi connectivity index (χ3v) is 9.50. The highest BCUT2D eigenvalue weighted by molar-refractivity contribution is 6.47. The number of aliphatic carboxylic acids is 1. The van der Waals surface area contributed by atoms with Crippen LogP contribution in [0.5, 0.6) is 0 Å². The lowest BCUT2D eigenvalue weighted by atomic mass is 9.67. The summed E-state index contributed by atoms with van der Waals surface area (Å²) in [6.07, 6.45) is 4.02. The van der Waals surface area contributed by atoms with Crippen molar-refractivity contribution < 1.29 is 37.8 Å². The van der Waals surface area contributed by atoms with E-state index in [1.54, 1.807) is 29.2 Å². The molecular formula is C33H40F3N3O5. The maximum Gasteiger partial charge on any atom is 0.398 e. The van der Waals surface area contributed by atoms with Gasteiger partial charge in [-0.1, -0.05) is 69.7 Å². The molecule has 0 saturated heterocycles. The molecule has 1 aromatic rings. The molecule has 3 N–H and O–H groups in total. The highest BCUT2D eigenvalue weighted by Crippen LogP contribution is 2.50. The minimum absolute atomic E-state index is 0.119. The van der Waals surface area contributed by atoms with Gasteiger partial charge in [0.2, 0.25) is 0 Å². The lowest BCUT2D eigenvalue weighted by molar-refractivity contribution is -0.149. The van der Waals surface area contributed by atoms with Crippen molar-refractivity contribution in [2.75, 3.05) is 6.54 Å². The van der Waals surface area contributed by atoms with Gasteiger partial charge in [-0.25, -0.2) is 4.79 Å². The molecule has 3 aliphatic rings. The molecule has 2 unspecified atom stereocenters. The number of benzene rings is 1. The molecule has 0 bridgehead atoms. The Morgan fingerprint density at radius 2 is 1.77 bits per heavy atom. The van der Waals surface area contributed by atoms with Crippen molar-refractivity contribution in [2.45, 2.75) is 83.8 Å². The summed E-state index contributed by atoms with van der Waals surface area (Å²) >= 11 is 0. The van der Waals surface area contributed by atoms with Crippen LogP contribution in [0.2, 0.25) is 0 Å². The van der Waals surface area contributed by atoms with Crippen molar-refractivity contribution in [2.24, 2.45) is 22.2 Å². The van der Waals surface area contributed by atoms with Crippen LogP contribution in [0.25, 0.3) is 0 Å². The van der Waals surface area contributed by atoms with E-state index in [0.717, 1.165) is 37.0 Å². The number of aliphatic imine (C=N–C) groups is 1. The maximum absolute atomic E-state index is 14.1. The van der Waals surface area contributed by atoms with Crippen LogP contribution >= 0.6 is 0 Å². The molecule has 0 aromatic heterocycles. The zero-order chi connectivity index (χ0) is 32.4. The minimum atomic E-state index is -4.44. The van der Waals surface area contributed by atoms with Crippen molar-refractivity contribution in [3.8, 4) is 0 Å². The molecule has 3 atom stereocenters. The fraction of sp³-hybridized carbons (Fsp3) is 0.515. The van der Waals surface area contributed by atoms with Gasteiger partial charge in [-0.2, -0.15) is 13.2 Å². The van der Waals surface area contributed by atoms with Gasteiger partial charge in [0.05, 0.1) is 18.5 Å². The molecular weight excluding hydrogens is 575 g/mol. The van der Waals surface area contributed by atoms with E-state index in [0.29, 0.717) is 24.3 Å². The van der Waals surface area contributed by atoms with E-state index in [1.165, 1.54) is 18.2 Å². The minimum Gasteiger partial charge on any atom is -0.479 e. The predicted octanol–water partition coefficient (Wildman–Crippen LogP) is 5.76. The zero-order valence-electron chi connectivity index (χ0n) is 25.4. The predicted molar refractivity (Wildman–Crippen MR) is 160 cm³/mol. The van der Waals surface area contributed by atoms with Gasteiger partial charge in [0.15, 0.2) is 6.10 Å². The number of aliphatic hydroxyl groups is 1. The molecule has 11 heteroatoms. The number of nitrogens with zero attached hydrogens (tertiary/aromatic N) is 2. The summed E-state index contributed by atoms with van der Waals surface area (Å²) in [5.41, 5.74) is 0.715. The Kier molecular flexibility index (Phi) is 9.58. The Bertz CT molecular complexity index is 1390. The monoisotopic (exact) mass is 615 g/mol. The molecule has 2 amide bonds. The van der Waals surface area contributed by atoms with Crippen LogP contribution in [0.1, 0.15) is 81.8 Å². The van der Waals surface area contributed by atoms with E-state index in [-0.39, 0.29) is 22.6 Å². The standard InChI is InChI=1S/C33H40F3N3O5/c1-5-31(3,4)24-15-17-32(18-16-24)38-27(22-7-6-8-25(14-13-22)33(34,35)36)29(42)39(32)20(2)21-9-11-23(12-10-21)28(41)37-19-26(40)30(43)44/h6-14,20,24-26,40H,5,15-19H2,1-4H3,(H,37,41)(H,43,44)/t20-,24?,25?,26?,32?/m1/s1. The number of allylic oxidation sites excluding steroid dienone is 5. The first-order valence-corrected chi connectivity index (χ1v) is 15.0. The summed E-state index contributed by atoms with van der Waals surface area (Å²) < 4.78 is 40.2. The molecule has 8 nitrogen and oxygen atoms in total. The Balaban J connectivity index is 1.62. The van der Waals surface area contributed by atoms with E-state index < -0.39 is 48.3 Å². The summed E-state index contributed by atoms with van der Waals surface area (Å²) in [4.78, 5) is 44.2. The lowest BCUT2D eigenvalue weighted by Crippen LogP contribution is -2.51. The number of carboxylic acids is 1. The molecule has 0 radical (unpaired) electrons. The van der Waals surface area contributed by atoms with Gasteiger partial charge >= 0.3 is 12.1 Å². The second kappa shape index (κ2) is 12.7. The van der Waals surface area contributed by atoms with Gasteiger partial charge in [0, 0.05) is 11.1 Å². The fourth-order valence-electron chi connectivity index (χ4n) is 6.26. The van der Waals surface area contributed by atoms with Crippen LogP contribution in [0, 0.1) is 17.3 Å². The summed E-state index contributed by atoms with van der Waals surface area (Å²) in [6, 6.07) is 6.06. The number of carboxylic acid groups (broad SMARTS) is 1. The molecule has 1 spiro atoms. The molecule has 1 fully saturated rings. The molecule has 238 valence electrons.